The number of nitrogens with zero attached hydrogens (tertiary/aromatic N) is 2. The second-order valence-corrected chi connectivity index (χ2v) is 6.36. The lowest BCUT2D eigenvalue weighted by Crippen LogP contribution is -2.33. The van der Waals surface area contributed by atoms with Crippen LogP contribution < -0.4 is 16.4 Å². The van der Waals surface area contributed by atoms with Crippen molar-refractivity contribution in [2.45, 2.75) is 44.7 Å². The van der Waals surface area contributed by atoms with Crippen molar-refractivity contribution in [3.63, 3.8) is 0 Å². The summed E-state index contributed by atoms with van der Waals surface area (Å²) >= 11 is 0. The number of hydrogen-bond donors (Lipinski definition) is 3. The van der Waals surface area contributed by atoms with E-state index in [1.807, 2.05) is 31.2 Å². The molecule has 0 atom stereocenters. The van der Waals surface area contributed by atoms with Gasteiger partial charge in [0, 0.05) is 17.8 Å². The monoisotopic (exact) mass is 325 g/mol. The fourth-order valence-electron chi connectivity index (χ4n) is 2.98. The summed E-state index contributed by atoms with van der Waals surface area (Å²) in [6.07, 6.45) is 6.42. The fourth-order valence-corrected chi connectivity index (χ4v) is 2.98. The van der Waals surface area contributed by atoms with Crippen LogP contribution in [0.1, 0.15) is 41.7 Å². The molecule has 0 radical (unpaired) electrons. The third-order valence-electron chi connectivity index (χ3n) is 4.32. The molecule has 2 aromatic rings. The Bertz CT molecular complexity index is 710. The Morgan fingerprint density at radius 1 is 1.25 bits per heavy atom. The van der Waals surface area contributed by atoms with E-state index in [9.17, 15) is 4.79 Å². The lowest BCUT2D eigenvalue weighted by Gasteiger charge is -2.27. The smallest absolute Gasteiger partial charge is 0.172 e. The van der Waals surface area contributed by atoms with E-state index in [0.29, 0.717) is 35.7 Å². The maximum atomic E-state index is 11.2. The van der Waals surface area contributed by atoms with Crippen LogP contribution in [0.15, 0.2) is 30.5 Å². The first-order valence-electron chi connectivity index (χ1n) is 8.32. The third-order valence-corrected chi connectivity index (χ3v) is 4.32. The topological polar surface area (TPSA) is 92.9 Å². The highest BCUT2D eigenvalue weighted by Crippen LogP contribution is 2.23. The summed E-state index contributed by atoms with van der Waals surface area (Å²) in [6, 6.07) is 8.57. The zero-order valence-electron chi connectivity index (χ0n) is 13.8. The number of rotatable bonds is 5. The fraction of sp³-hybridized carbons (Fsp3) is 0.389. The largest absolute Gasteiger partial charge is 0.366 e. The number of nitrogens with one attached hydrogen (secondary N) is 2. The van der Waals surface area contributed by atoms with E-state index >= 15 is 0 Å². The minimum absolute atomic E-state index is 0.299. The molecule has 0 aliphatic heterocycles. The first-order chi connectivity index (χ1) is 11.6. The van der Waals surface area contributed by atoms with E-state index in [-0.39, 0.29) is 0 Å². The number of aryl methyl sites for hydroxylation is 1. The minimum atomic E-state index is 0.299. The van der Waals surface area contributed by atoms with Crippen LogP contribution in [0.4, 0.5) is 17.3 Å². The van der Waals surface area contributed by atoms with Gasteiger partial charge in [-0.2, -0.15) is 0 Å². The van der Waals surface area contributed by atoms with E-state index in [1.54, 1.807) is 6.20 Å². The average molecular weight is 325 g/mol. The number of aldehydes is 1. The van der Waals surface area contributed by atoms with Crippen LogP contribution in [0.25, 0.3) is 0 Å². The first-order valence-corrected chi connectivity index (χ1v) is 8.32. The summed E-state index contributed by atoms with van der Waals surface area (Å²) in [5.41, 5.74) is 8.26. The van der Waals surface area contributed by atoms with Gasteiger partial charge >= 0.3 is 0 Å². The Morgan fingerprint density at radius 3 is 2.75 bits per heavy atom. The van der Waals surface area contributed by atoms with Gasteiger partial charge in [0.25, 0.3) is 0 Å². The summed E-state index contributed by atoms with van der Waals surface area (Å²) < 4.78 is 0. The third kappa shape index (κ3) is 4.08. The molecule has 0 spiro atoms. The Labute approximate surface area is 141 Å². The van der Waals surface area contributed by atoms with Gasteiger partial charge in [0.1, 0.15) is 11.5 Å². The highest BCUT2D eigenvalue weighted by atomic mass is 16.1. The Kier molecular flexibility index (Phi) is 5.05. The normalized spacial score (nSPS) is 20.4. The lowest BCUT2D eigenvalue weighted by molar-refractivity contribution is 0.111. The van der Waals surface area contributed by atoms with Crippen molar-refractivity contribution in [1.29, 1.82) is 0 Å². The van der Waals surface area contributed by atoms with Crippen LogP contribution in [-0.4, -0.2) is 28.3 Å². The zero-order chi connectivity index (χ0) is 16.9. The molecule has 0 bridgehead atoms. The molecule has 3 rings (SSSR count). The molecule has 1 aliphatic carbocycles. The van der Waals surface area contributed by atoms with Crippen molar-refractivity contribution in [1.82, 2.24) is 9.97 Å². The van der Waals surface area contributed by atoms with Crippen LogP contribution in [0.2, 0.25) is 0 Å². The van der Waals surface area contributed by atoms with Gasteiger partial charge in [-0.1, -0.05) is 12.1 Å². The number of anilines is 3. The van der Waals surface area contributed by atoms with E-state index < -0.39 is 0 Å². The summed E-state index contributed by atoms with van der Waals surface area (Å²) in [6.45, 7) is 2.02. The molecule has 1 saturated carbocycles. The Morgan fingerprint density at radius 2 is 2.04 bits per heavy atom. The molecular weight excluding hydrogens is 302 g/mol. The molecule has 6 nitrogen and oxygen atoms in total. The minimum Gasteiger partial charge on any atom is -0.366 e. The predicted octanol–water partition coefficient (Wildman–Crippen LogP) is 3.02. The predicted molar refractivity (Wildman–Crippen MR) is 95.7 cm³/mol. The summed E-state index contributed by atoms with van der Waals surface area (Å²) in [7, 11) is 0. The quantitative estimate of drug-likeness (QED) is 0.732. The highest BCUT2D eigenvalue weighted by molar-refractivity contribution is 5.82. The highest BCUT2D eigenvalue weighted by Gasteiger charge is 2.19. The lowest BCUT2D eigenvalue weighted by atomic mass is 9.92. The number of benzene rings is 1. The molecule has 0 amide bonds. The molecule has 126 valence electrons. The van der Waals surface area contributed by atoms with E-state index in [2.05, 4.69) is 20.6 Å². The van der Waals surface area contributed by atoms with E-state index in [1.165, 1.54) is 0 Å². The number of aromatic nitrogens is 2. The van der Waals surface area contributed by atoms with Crippen LogP contribution >= 0.6 is 0 Å². The average Bonchev–Trinajstić information content (AvgIpc) is 2.57. The summed E-state index contributed by atoms with van der Waals surface area (Å²) in [5.74, 6) is 1.14. The molecule has 1 heterocycles. The van der Waals surface area contributed by atoms with E-state index in [4.69, 9.17) is 5.73 Å². The van der Waals surface area contributed by atoms with Gasteiger partial charge in [-0.05, 0) is 50.3 Å². The number of nitrogens with two attached hydrogens (primary N) is 1. The molecule has 4 N–H and O–H groups in total. The van der Waals surface area contributed by atoms with Gasteiger partial charge in [0.2, 0.25) is 0 Å². The van der Waals surface area contributed by atoms with Gasteiger partial charge in [-0.25, -0.2) is 9.97 Å². The number of carbonyl (C=O) groups excluding carboxylic acids is 1. The van der Waals surface area contributed by atoms with Gasteiger partial charge in [-0.15, -0.1) is 0 Å². The second kappa shape index (κ2) is 7.40. The van der Waals surface area contributed by atoms with Gasteiger partial charge in [-0.3, -0.25) is 4.79 Å². The number of carbonyl (C=O) groups is 1. The van der Waals surface area contributed by atoms with Crippen molar-refractivity contribution in [3.05, 3.63) is 41.7 Å². The molecule has 0 unspecified atom stereocenters. The maximum Gasteiger partial charge on any atom is 0.172 e. The Hall–Kier alpha value is -2.47. The van der Waals surface area contributed by atoms with Crippen LogP contribution in [0, 0.1) is 6.92 Å². The number of hydrogen-bond acceptors (Lipinski definition) is 6. The maximum absolute atomic E-state index is 11.2. The molecule has 24 heavy (non-hydrogen) atoms. The summed E-state index contributed by atoms with van der Waals surface area (Å²) in [4.78, 5) is 20.0. The van der Waals surface area contributed by atoms with Crippen molar-refractivity contribution < 1.29 is 4.79 Å². The van der Waals surface area contributed by atoms with Crippen LogP contribution in [0.3, 0.4) is 0 Å². The molecule has 1 aromatic heterocycles. The zero-order valence-corrected chi connectivity index (χ0v) is 13.8. The molecule has 1 aromatic carbocycles. The van der Waals surface area contributed by atoms with Gasteiger partial charge < -0.3 is 16.4 Å². The van der Waals surface area contributed by atoms with Crippen molar-refractivity contribution >= 4 is 23.6 Å². The van der Waals surface area contributed by atoms with Crippen molar-refractivity contribution in [2.75, 3.05) is 10.6 Å². The molecular formula is C18H23N5O. The second-order valence-electron chi connectivity index (χ2n) is 6.36. The molecule has 0 saturated heterocycles. The summed E-state index contributed by atoms with van der Waals surface area (Å²) in [5, 5.41) is 6.59. The first kappa shape index (κ1) is 16.4. The van der Waals surface area contributed by atoms with Crippen LogP contribution in [0.5, 0.6) is 0 Å². The molecule has 1 aliphatic rings. The van der Waals surface area contributed by atoms with Gasteiger partial charge in [0.05, 0.1) is 6.20 Å². The molecule has 6 heteroatoms. The van der Waals surface area contributed by atoms with Crippen LogP contribution in [-0.2, 0) is 0 Å². The Balaban J connectivity index is 1.76. The standard InChI is InChI=1S/C18H23N5O/c1-12-3-2-4-15(9-12)22-18-16(11-24)20-10-17(23-18)21-14-7-5-13(19)6-8-14/h2-4,9-11,13-14H,5-8,19H2,1H3,(H2,21,22,23). The van der Waals surface area contributed by atoms with E-state index in [0.717, 1.165) is 36.9 Å². The van der Waals surface area contributed by atoms with Crippen molar-refractivity contribution in [2.24, 2.45) is 5.73 Å². The molecule has 1 fully saturated rings. The van der Waals surface area contributed by atoms with Gasteiger partial charge in [0.15, 0.2) is 12.1 Å². The SMILES string of the molecule is Cc1cccc(Nc2nc(NC3CCC(N)CC3)cnc2C=O)c1. The van der Waals surface area contributed by atoms with Crippen molar-refractivity contribution in [3.8, 4) is 0 Å².